The number of nitrogens with zero attached hydrogens (tertiary/aromatic N) is 1. The van der Waals surface area contributed by atoms with Crippen LogP contribution in [-0.2, 0) is 14.3 Å². The van der Waals surface area contributed by atoms with Crippen molar-refractivity contribution in [2.75, 3.05) is 13.2 Å². The van der Waals surface area contributed by atoms with Gasteiger partial charge in [0, 0.05) is 13.0 Å². The van der Waals surface area contributed by atoms with Gasteiger partial charge in [-0.05, 0) is 24.5 Å². The molecule has 1 heterocycles. The fourth-order valence-electron chi connectivity index (χ4n) is 2.39. The average molecular weight is 378 g/mol. The molecule has 25 heavy (non-hydrogen) atoms. The maximum absolute atomic E-state index is 12.5. The molecule has 0 bridgehead atoms. The number of rotatable bonds is 9. The van der Waals surface area contributed by atoms with E-state index in [0.717, 1.165) is 24.8 Å². The quantitative estimate of drug-likeness (QED) is 0.276. The lowest BCUT2D eigenvalue weighted by molar-refractivity contribution is -0.144. The summed E-state index contributed by atoms with van der Waals surface area (Å²) in [4.78, 5) is 26.3. The molecule has 1 saturated heterocycles. The molecule has 2 rings (SSSR count). The molecule has 0 unspecified atom stereocenters. The van der Waals surface area contributed by atoms with Crippen LogP contribution in [0.3, 0.4) is 0 Å². The zero-order valence-electron chi connectivity index (χ0n) is 14.4. The van der Waals surface area contributed by atoms with Crippen LogP contribution in [0.25, 0.3) is 6.08 Å². The molecule has 1 fully saturated rings. The van der Waals surface area contributed by atoms with Crippen LogP contribution in [0.1, 0.15) is 44.6 Å². The van der Waals surface area contributed by atoms with Crippen molar-refractivity contribution in [2.45, 2.75) is 39.0 Å². The van der Waals surface area contributed by atoms with Crippen LogP contribution in [0.15, 0.2) is 35.2 Å². The van der Waals surface area contributed by atoms with Gasteiger partial charge in [-0.25, -0.2) is 0 Å². The fourth-order valence-corrected chi connectivity index (χ4v) is 3.69. The van der Waals surface area contributed by atoms with Gasteiger partial charge in [-0.2, -0.15) is 0 Å². The summed E-state index contributed by atoms with van der Waals surface area (Å²) in [6.45, 7) is 3.03. The Labute approximate surface area is 158 Å². The fraction of sp³-hybridized carbons (Fsp3) is 0.421. The van der Waals surface area contributed by atoms with E-state index in [4.69, 9.17) is 17.0 Å². The van der Waals surface area contributed by atoms with Gasteiger partial charge in [0.05, 0.1) is 11.5 Å². The van der Waals surface area contributed by atoms with Gasteiger partial charge in [-0.15, -0.1) is 0 Å². The van der Waals surface area contributed by atoms with Crippen molar-refractivity contribution in [3.05, 3.63) is 40.8 Å². The first-order chi connectivity index (χ1) is 12.1. The third-order valence-electron chi connectivity index (χ3n) is 3.74. The summed E-state index contributed by atoms with van der Waals surface area (Å²) in [7, 11) is 0. The second kappa shape index (κ2) is 10.4. The van der Waals surface area contributed by atoms with Gasteiger partial charge >= 0.3 is 5.97 Å². The van der Waals surface area contributed by atoms with Crippen molar-refractivity contribution >= 4 is 46.3 Å². The molecule has 6 heteroatoms. The predicted molar refractivity (Wildman–Crippen MR) is 106 cm³/mol. The Balaban J connectivity index is 1.79. The number of unbranched alkanes of at least 4 members (excludes halogenated alkanes) is 2. The maximum atomic E-state index is 12.5. The van der Waals surface area contributed by atoms with E-state index in [1.54, 1.807) is 4.90 Å². The topological polar surface area (TPSA) is 46.6 Å². The van der Waals surface area contributed by atoms with Gasteiger partial charge in [0.1, 0.15) is 4.32 Å². The smallest absolute Gasteiger partial charge is 0.305 e. The number of thiocarbonyl (C=S) groups is 1. The molecule has 1 aromatic rings. The number of carbonyl (C=O) groups is 2. The highest BCUT2D eigenvalue weighted by atomic mass is 32.2. The minimum atomic E-state index is -0.207. The van der Waals surface area contributed by atoms with Crippen LogP contribution in [0.2, 0.25) is 0 Å². The molecule has 0 N–H and O–H groups in total. The maximum Gasteiger partial charge on any atom is 0.305 e. The lowest BCUT2D eigenvalue weighted by Gasteiger charge is -2.13. The Bertz CT molecular complexity index is 643. The van der Waals surface area contributed by atoms with E-state index in [1.165, 1.54) is 11.8 Å². The number of benzene rings is 1. The molecule has 0 saturated carbocycles. The van der Waals surface area contributed by atoms with Gasteiger partial charge in [0.15, 0.2) is 0 Å². The number of esters is 1. The van der Waals surface area contributed by atoms with Gasteiger partial charge in [-0.1, -0.05) is 74.1 Å². The van der Waals surface area contributed by atoms with E-state index < -0.39 is 0 Å². The second-order valence-corrected chi connectivity index (χ2v) is 7.45. The van der Waals surface area contributed by atoms with Crippen molar-refractivity contribution in [1.29, 1.82) is 0 Å². The van der Waals surface area contributed by atoms with Crippen molar-refractivity contribution in [3.63, 3.8) is 0 Å². The Morgan fingerprint density at radius 2 is 2.00 bits per heavy atom. The first-order valence-electron chi connectivity index (χ1n) is 8.58. The molecule has 0 aliphatic carbocycles. The van der Waals surface area contributed by atoms with Crippen LogP contribution in [-0.4, -0.2) is 34.2 Å². The van der Waals surface area contributed by atoms with E-state index in [-0.39, 0.29) is 11.9 Å². The molecule has 1 amide bonds. The van der Waals surface area contributed by atoms with Gasteiger partial charge in [0.25, 0.3) is 5.91 Å². The predicted octanol–water partition coefficient (Wildman–Crippen LogP) is 4.40. The molecule has 1 aromatic carbocycles. The van der Waals surface area contributed by atoms with Crippen LogP contribution in [0.4, 0.5) is 0 Å². The Hall–Kier alpha value is -1.66. The minimum absolute atomic E-state index is 0.0878. The van der Waals surface area contributed by atoms with Crippen molar-refractivity contribution in [3.8, 4) is 0 Å². The summed E-state index contributed by atoms with van der Waals surface area (Å²) in [5.41, 5.74) is 0.971. The number of hydrogen-bond acceptors (Lipinski definition) is 5. The van der Waals surface area contributed by atoms with Crippen molar-refractivity contribution in [1.82, 2.24) is 4.90 Å². The van der Waals surface area contributed by atoms with Gasteiger partial charge in [-0.3, -0.25) is 14.5 Å². The highest BCUT2D eigenvalue weighted by molar-refractivity contribution is 8.26. The molecule has 0 atom stereocenters. The van der Waals surface area contributed by atoms with Gasteiger partial charge < -0.3 is 4.74 Å². The monoisotopic (exact) mass is 377 g/mol. The largest absolute Gasteiger partial charge is 0.466 e. The summed E-state index contributed by atoms with van der Waals surface area (Å²) in [6.07, 6.45) is 5.78. The number of ether oxygens (including phenoxy) is 1. The molecule has 0 aromatic heterocycles. The summed E-state index contributed by atoms with van der Waals surface area (Å²) in [5.74, 6) is -0.295. The van der Waals surface area contributed by atoms with Crippen molar-refractivity contribution < 1.29 is 14.3 Å². The summed E-state index contributed by atoms with van der Waals surface area (Å²) < 4.78 is 5.72. The van der Waals surface area contributed by atoms with Gasteiger partial charge in [0.2, 0.25) is 0 Å². The minimum Gasteiger partial charge on any atom is -0.466 e. The van der Waals surface area contributed by atoms with E-state index in [1.807, 2.05) is 36.4 Å². The lowest BCUT2D eigenvalue weighted by Crippen LogP contribution is -2.29. The SMILES string of the molecule is CCCCCOC(=O)CCCN1C(=O)/C(=C/c2ccccc2)SC1=S. The number of amides is 1. The zero-order chi connectivity index (χ0) is 18.1. The molecule has 0 radical (unpaired) electrons. The first-order valence-corrected chi connectivity index (χ1v) is 9.80. The van der Waals surface area contributed by atoms with Crippen molar-refractivity contribution in [2.24, 2.45) is 0 Å². The molecule has 1 aliphatic rings. The van der Waals surface area contributed by atoms with E-state index in [9.17, 15) is 9.59 Å². The Kier molecular flexibility index (Phi) is 8.15. The molecule has 0 spiro atoms. The normalized spacial score (nSPS) is 15.9. The standard InChI is InChI=1S/C19H23NO3S2/c1-2-3-7-13-23-17(21)11-8-12-20-18(22)16(25-19(20)24)14-15-9-5-4-6-10-15/h4-6,9-10,14H,2-3,7-8,11-13H2,1H3/b16-14-. The summed E-state index contributed by atoms with van der Waals surface area (Å²) in [6, 6.07) is 9.68. The average Bonchev–Trinajstić information content (AvgIpc) is 2.87. The number of carbonyl (C=O) groups excluding carboxylic acids is 2. The zero-order valence-corrected chi connectivity index (χ0v) is 16.0. The first kappa shape index (κ1) is 19.7. The molecular weight excluding hydrogens is 354 g/mol. The van der Waals surface area contributed by atoms with E-state index in [2.05, 4.69) is 6.92 Å². The highest BCUT2D eigenvalue weighted by Crippen LogP contribution is 2.32. The molecule has 134 valence electrons. The Morgan fingerprint density at radius 3 is 2.72 bits per heavy atom. The summed E-state index contributed by atoms with van der Waals surface area (Å²) >= 11 is 6.61. The Morgan fingerprint density at radius 1 is 1.24 bits per heavy atom. The molecule has 1 aliphatic heterocycles. The van der Waals surface area contributed by atoms with Crippen LogP contribution in [0, 0.1) is 0 Å². The number of hydrogen-bond donors (Lipinski definition) is 0. The molecule has 4 nitrogen and oxygen atoms in total. The number of thioether (sulfide) groups is 1. The van der Waals surface area contributed by atoms with E-state index in [0.29, 0.717) is 35.2 Å². The third-order valence-corrected chi connectivity index (χ3v) is 5.12. The van der Waals surface area contributed by atoms with Crippen LogP contribution >= 0.6 is 24.0 Å². The van der Waals surface area contributed by atoms with Crippen LogP contribution < -0.4 is 0 Å². The highest BCUT2D eigenvalue weighted by Gasteiger charge is 2.31. The molecular formula is C19H23NO3S2. The lowest BCUT2D eigenvalue weighted by atomic mass is 10.2. The van der Waals surface area contributed by atoms with E-state index >= 15 is 0 Å². The van der Waals surface area contributed by atoms with Crippen LogP contribution in [0.5, 0.6) is 0 Å². The third kappa shape index (κ3) is 6.29. The second-order valence-electron chi connectivity index (χ2n) is 5.78. The summed E-state index contributed by atoms with van der Waals surface area (Å²) in [5, 5.41) is 0.